The Balaban J connectivity index is 2.36. The molecule has 8 heteroatoms. The monoisotopic (exact) mass is 434 g/mol. The number of carboxylic acid groups (broad SMARTS) is 1. The number of cyclic esters (lactones) is 1. The normalized spacial score (nSPS) is 14.8. The van der Waals surface area contributed by atoms with Gasteiger partial charge in [-0.25, -0.2) is 4.79 Å². The summed E-state index contributed by atoms with van der Waals surface area (Å²) < 4.78 is 16.1. The second-order valence-electron chi connectivity index (χ2n) is 7.60. The van der Waals surface area contributed by atoms with Gasteiger partial charge in [-0.1, -0.05) is 23.3 Å². The van der Waals surface area contributed by atoms with Crippen LogP contribution in [0.3, 0.4) is 0 Å². The van der Waals surface area contributed by atoms with Crippen molar-refractivity contribution in [2.45, 2.75) is 46.6 Å². The highest BCUT2D eigenvalue weighted by atomic mass is 16.6. The van der Waals surface area contributed by atoms with Crippen LogP contribution in [0.1, 0.15) is 53.7 Å². The molecule has 1 heterocycles. The molecule has 31 heavy (non-hydrogen) atoms. The van der Waals surface area contributed by atoms with Crippen LogP contribution in [0.5, 0.6) is 11.5 Å². The van der Waals surface area contributed by atoms with E-state index in [0.29, 0.717) is 41.7 Å². The summed E-state index contributed by atoms with van der Waals surface area (Å²) in [6.45, 7) is 4.85. The van der Waals surface area contributed by atoms with Crippen LogP contribution >= 0.6 is 0 Å². The minimum Gasteiger partial charge on any atom is -0.496 e. The first kappa shape index (κ1) is 24.4. The van der Waals surface area contributed by atoms with Crippen LogP contribution in [-0.2, 0) is 22.6 Å². The van der Waals surface area contributed by atoms with Gasteiger partial charge in [-0.05, 0) is 45.6 Å². The van der Waals surface area contributed by atoms with Gasteiger partial charge in [0.1, 0.15) is 23.7 Å². The number of benzene rings is 1. The number of carbonyl (C=O) groups is 2. The maximum Gasteiger partial charge on any atom is 0.342 e. The number of aliphatic carboxylic acids is 1. The molecule has 1 aliphatic rings. The summed E-state index contributed by atoms with van der Waals surface area (Å²) in [7, 11) is 1.52. The van der Waals surface area contributed by atoms with Gasteiger partial charge in [0, 0.05) is 11.1 Å². The first-order valence-electron chi connectivity index (χ1n) is 10.0. The number of allylic oxidation sites excluding steroid dienone is 3. The SMILES string of the molecule is COc1c(C)c2c(c(OCO)c1C/C=C(\C)CC(C/C(C)=C/CO)C(=O)O)C(=O)OC2. The quantitative estimate of drug-likeness (QED) is 0.276. The third kappa shape index (κ3) is 5.65. The number of carbonyl (C=O) groups excluding carboxylic acids is 1. The number of ether oxygens (including phenoxy) is 3. The lowest BCUT2D eigenvalue weighted by molar-refractivity contribution is -0.141. The number of hydrogen-bond donors (Lipinski definition) is 3. The van der Waals surface area contributed by atoms with Gasteiger partial charge in [0.05, 0.1) is 19.6 Å². The summed E-state index contributed by atoms with van der Waals surface area (Å²) in [6, 6.07) is 0. The van der Waals surface area contributed by atoms with Crippen molar-refractivity contribution >= 4 is 11.9 Å². The summed E-state index contributed by atoms with van der Waals surface area (Å²) >= 11 is 0. The Bertz CT molecular complexity index is 898. The minimum absolute atomic E-state index is 0.119. The van der Waals surface area contributed by atoms with Gasteiger partial charge in [-0.3, -0.25) is 4.79 Å². The lowest BCUT2D eigenvalue weighted by atomic mass is 9.91. The van der Waals surface area contributed by atoms with E-state index < -0.39 is 24.6 Å². The number of aliphatic hydroxyl groups is 2. The van der Waals surface area contributed by atoms with E-state index >= 15 is 0 Å². The Hall–Kier alpha value is -2.84. The van der Waals surface area contributed by atoms with Crippen LogP contribution < -0.4 is 9.47 Å². The molecule has 1 aliphatic heterocycles. The van der Waals surface area contributed by atoms with Crippen LogP contribution in [0.25, 0.3) is 0 Å². The topological polar surface area (TPSA) is 123 Å². The Morgan fingerprint density at radius 1 is 1.16 bits per heavy atom. The fourth-order valence-corrected chi connectivity index (χ4v) is 3.86. The summed E-state index contributed by atoms with van der Waals surface area (Å²) in [6.07, 6.45) is 4.47. The van der Waals surface area contributed by atoms with Gasteiger partial charge < -0.3 is 29.5 Å². The molecular weight excluding hydrogens is 404 g/mol. The highest BCUT2D eigenvalue weighted by Gasteiger charge is 2.33. The van der Waals surface area contributed by atoms with E-state index in [1.165, 1.54) is 7.11 Å². The van der Waals surface area contributed by atoms with Crippen molar-refractivity contribution < 1.29 is 39.1 Å². The first-order valence-corrected chi connectivity index (χ1v) is 10.0. The molecule has 0 spiro atoms. The van der Waals surface area contributed by atoms with Crippen molar-refractivity contribution in [2.75, 3.05) is 20.5 Å². The molecule has 0 aliphatic carbocycles. The van der Waals surface area contributed by atoms with Gasteiger partial charge in [-0.2, -0.15) is 0 Å². The average Bonchev–Trinajstić information content (AvgIpc) is 3.10. The highest BCUT2D eigenvalue weighted by molar-refractivity contribution is 5.98. The number of carboxylic acids is 1. The smallest absolute Gasteiger partial charge is 0.342 e. The van der Waals surface area contributed by atoms with Crippen LogP contribution in [0, 0.1) is 12.8 Å². The molecule has 0 radical (unpaired) electrons. The molecule has 8 nitrogen and oxygen atoms in total. The molecule has 0 fully saturated rings. The molecule has 2 rings (SSSR count). The zero-order valence-electron chi connectivity index (χ0n) is 18.4. The standard InChI is InChI=1S/C23H30O8/c1-13(9-16(22(26)27)10-14(2)7-8-24)5-6-17-20(29-4)15(3)18-11-30-23(28)19(18)21(17)31-12-25/h5,7,16,24-25H,6,8-12H2,1-4H3,(H,26,27)/b13-5+,14-7+. The van der Waals surface area contributed by atoms with E-state index in [-0.39, 0.29) is 19.0 Å². The first-order chi connectivity index (χ1) is 14.7. The highest BCUT2D eigenvalue weighted by Crippen LogP contribution is 2.42. The number of fused-ring (bicyclic) bond motifs is 1. The molecule has 1 atom stereocenters. The zero-order chi connectivity index (χ0) is 23.1. The molecule has 0 aromatic heterocycles. The number of esters is 1. The number of rotatable bonds is 11. The summed E-state index contributed by atoms with van der Waals surface area (Å²) in [5.41, 5.74) is 3.99. The van der Waals surface area contributed by atoms with Crippen LogP contribution in [0.15, 0.2) is 23.3 Å². The Morgan fingerprint density at radius 2 is 1.81 bits per heavy atom. The molecule has 1 aromatic carbocycles. The lowest BCUT2D eigenvalue weighted by Gasteiger charge is -2.19. The van der Waals surface area contributed by atoms with Crippen molar-refractivity contribution in [2.24, 2.45) is 5.92 Å². The molecule has 170 valence electrons. The van der Waals surface area contributed by atoms with Crippen LogP contribution in [0.2, 0.25) is 0 Å². The second kappa shape index (κ2) is 11.0. The van der Waals surface area contributed by atoms with Gasteiger partial charge in [0.15, 0.2) is 6.79 Å². The predicted molar refractivity (Wildman–Crippen MR) is 113 cm³/mol. The summed E-state index contributed by atoms with van der Waals surface area (Å²) in [4.78, 5) is 23.9. The lowest BCUT2D eigenvalue weighted by Crippen LogP contribution is -2.15. The largest absolute Gasteiger partial charge is 0.496 e. The number of aliphatic hydroxyl groups excluding tert-OH is 2. The summed E-state index contributed by atoms with van der Waals surface area (Å²) in [5, 5.41) is 27.9. The molecule has 0 saturated heterocycles. The Labute approximate surface area is 181 Å². The van der Waals surface area contributed by atoms with E-state index in [1.807, 2.05) is 19.9 Å². The zero-order valence-corrected chi connectivity index (χ0v) is 18.4. The van der Waals surface area contributed by atoms with E-state index in [0.717, 1.165) is 16.7 Å². The molecule has 0 saturated carbocycles. The maximum absolute atomic E-state index is 12.3. The molecule has 0 amide bonds. The second-order valence-corrected chi connectivity index (χ2v) is 7.60. The van der Waals surface area contributed by atoms with Gasteiger partial charge >= 0.3 is 11.9 Å². The van der Waals surface area contributed by atoms with Crippen LogP contribution in [0.4, 0.5) is 0 Å². The third-order valence-corrected chi connectivity index (χ3v) is 5.42. The Morgan fingerprint density at radius 3 is 2.35 bits per heavy atom. The molecule has 0 bridgehead atoms. The number of hydrogen-bond acceptors (Lipinski definition) is 7. The van der Waals surface area contributed by atoms with Crippen LogP contribution in [-0.4, -0.2) is 47.8 Å². The van der Waals surface area contributed by atoms with Gasteiger partial charge in [-0.15, -0.1) is 0 Å². The van der Waals surface area contributed by atoms with E-state index in [2.05, 4.69) is 0 Å². The molecule has 1 unspecified atom stereocenters. The van der Waals surface area contributed by atoms with Gasteiger partial charge in [0.25, 0.3) is 0 Å². The van der Waals surface area contributed by atoms with Crippen molar-refractivity contribution in [3.05, 3.63) is 45.6 Å². The van der Waals surface area contributed by atoms with Crippen molar-refractivity contribution in [3.8, 4) is 11.5 Å². The van der Waals surface area contributed by atoms with Crippen molar-refractivity contribution in [1.29, 1.82) is 0 Å². The summed E-state index contributed by atoms with van der Waals surface area (Å²) in [5.74, 6) is -1.27. The number of methoxy groups -OCH3 is 1. The molecular formula is C23H30O8. The molecule has 1 aromatic rings. The fourth-order valence-electron chi connectivity index (χ4n) is 3.86. The molecule has 3 N–H and O–H groups in total. The van der Waals surface area contributed by atoms with E-state index in [9.17, 15) is 19.8 Å². The van der Waals surface area contributed by atoms with E-state index in [4.69, 9.17) is 19.3 Å². The van der Waals surface area contributed by atoms with Crippen molar-refractivity contribution in [3.63, 3.8) is 0 Å². The Kier molecular flexibility index (Phi) is 8.65. The average molecular weight is 434 g/mol. The minimum atomic E-state index is -0.906. The van der Waals surface area contributed by atoms with Gasteiger partial charge in [0.2, 0.25) is 0 Å². The predicted octanol–water partition coefficient (Wildman–Crippen LogP) is 2.91. The third-order valence-electron chi connectivity index (χ3n) is 5.42. The fraction of sp³-hybridized carbons (Fsp3) is 0.478. The van der Waals surface area contributed by atoms with Crippen molar-refractivity contribution in [1.82, 2.24) is 0 Å². The maximum atomic E-state index is 12.3. The van der Waals surface area contributed by atoms with E-state index in [1.54, 1.807) is 13.0 Å².